The number of fused-ring (bicyclic) bond motifs is 2. The van der Waals surface area contributed by atoms with Gasteiger partial charge in [-0.15, -0.1) is 0 Å². The van der Waals surface area contributed by atoms with Gasteiger partial charge >= 0.3 is 0 Å². The van der Waals surface area contributed by atoms with Gasteiger partial charge in [0.2, 0.25) is 10.0 Å². The largest absolute Gasteiger partial charge is 0.378 e. The lowest BCUT2D eigenvalue weighted by atomic mass is 10.1. The molecule has 0 amide bonds. The van der Waals surface area contributed by atoms with Crippen LogP contribution >= 0.6 is 0 Å². The van der Waals surface area contributed by atoms with E-state index in [9.17, 15) is 8.42 Å². The normalized spacial score (nSPS) is 15.4. The van der Waals surface area contributed by atoms with E-state index in [1.165, 1.54) is 15.4 Å². The van der Waals surface area contributed by atoms with Crippen molar-refractivity contribution in [2.75, 3.05) is 19.4 Å². The SMILES string of the molecule is CCCn1c(CNc2cccc3c2CN(C(C)C(C)C)C3)nc2cc(S(=O)(=O)N(C)C)ccc21. The van der Waals surface area contributed by atoms with Crippen molar-refractivity contribution in [3.8, 4) is 0 Å². The van der Waals surface area contributed by atoms with Crippen molar-refractivity contribution in [1.29, 1.82) is 0 Å². The summed E-state index contributed by atoms with van der Waals surface area (Å²) in [6.45, 7) is 12.4. The standard InChI is InChI=1S/C26H37N5O2S/c1-7-13-31-25-12-11-21(34(32,33)29(5)6)14-24(25)28-26(31)15-27-23-10-8-9-20-16-30(17-22(20)23)19(4)18(2)3/h8-12,14,18-19,27H,7,13,15-17H2,1-6H3. The van der Waals surface area contributed by atoms with E-state index >= 15 is 0 Å². The van der Waals surface area contributed by atoms with Crippen LogP contribution in [0.2, 0.25) is 0 Å². The molecule has 184 valence electrons. The molecule has 0 spiro atoms. The zero-order chi connectivity index (χ0) is 24.6. The van der Waals surface area contributed by atoms with Crippen LogP contribution in [0.1, 0.15) is 51.1 Å². The van der Waals surface area contributed by atoms with Crippen molar-refractivity contribution in [1.82, 2.24) is 18.8 Å². The first kappa shape index (κ1) is 24.7. The lowest BCUT2D eigenvalue weighted by Crippen LogP contribution is -2.32. The average molecular weight is 484 g/mol. The van der Waals surface area contributed by atoms with Crippen molar-refractivity contribution >= 4 is 26.7 Å². The van der Waals surface area contributed by atoms with Gasteiger partial charge in [-0.05, 0) is 54.7 Å². The van der Waals surface area contributed by atoms with Crippen LogP contribution in [-0.2, 0) is 36.2 Å². The Kier molecular flexibility index (Phi) is 7.03. The molecule has 1 N–H and O–H groups in total. The third-order valence-corrected chi connectivity index (χ3v) is 8.82. The smallest absolute Gasteiger partial charge is 0.242 e. The number of hydrogen-bond donors (Lipinski definition) is 1. The maximum Gasteiger partial charge on any atom is 0.242 e. The van der Waals surface area contributed by atoms with E-state index in [1.54, 1.807) is 26.2 Å². The molecule has 1 aromatic heterocycles. The summed E-state index contributed by atoms with van der Waals surface area (Å²) in [6, 6.07) is 12.3. The Bertz CT molecular complexity index is 1280. The summed E-state index contributed by atoms with van der Waals surface area (Å²) in [4.78, 5) is 7.66. The molecule has 1 aliphatic heterocycles. The summed E-state index contributed by atoms with van der Waals surface area (Å²) in [7, 11) is -0.406. The van der Waals surface area contributed by atoms with Gasteiger partial charge in [0, 0.05) is 45.5 Å². The Balaban J connectivity index is 1.61. The van der Waals surface area contributed by atoms with Gasteiger partial charge in [0.05, 0.1) is 22.5 Å². The number of hydrogen-bond acceptors (Lipinski definition) is 5. The zero-order valence-electron chi connectivity index (χ0n) is 21.2. The van der Waals surface area contributed by atoms with Gasteiger partial charge in [0.25, 0.3) is 0 Å². The third-order valence-electron chi connectivity index (χ3n) is 7.01. The predicted octanol–water partition coefficient (Wildman–Crippen LogP) is 4.67. The van der Waals surface area contributed by atoms with Crippen LogP contribution in [0.15, 0.2) is 41.3 Å². The minimum absolute atomic E-state index is 0.269. The van der Waals surface area contributed by atoms with Gasteiger partial charge in [-0.25, -0.2) is 17.7 Å². The van der Waals surface area contributed by atoms with Crippen LogP contribution < -0.4 is 5.32 Å². The maximum atomic E-state index is 12.6. The molecule has 0 saturated carbocycles. The molecule has 4 rings (SSSR count). The minimum atomic E-state index is -3.50. The molecular formula is C26H37N5O2S. The van der Waals surface area contributed by atoms with E-state index in [4.69, 9.17) is 4.98 Å². The second kappa shape index (κ2) is 9.68. The molecule has 2 heterocycles. The minimum Gasteiger partial charge on any atom is -0.378 e. The van der Waals surface area contributed by atoms with Crippen LogP contribution in [0.4, 0.5) is 5.69 Å². The molecule has 0 saturated heterocycles. The second-order valence-electron chi connectivity index (χ2n) is 9.80. The first-order chi connectivity index (χ1) is 16.1. The Morgan fingerprint density at radius 3 is 2.56 bits per heavy atom. The fraction of sp³-hybridized carbons (Fsp3) is 0.500. The average Bonchev–Trinajstić information content (AvgIpc) is 3.38. The fourth-order valence-electron chi connectivity index (χ4n) is 4.64. The summed E-state index contributed by atoms with van der Waals surface area (Å²) in [5.41, 5.74) is 5.59. The predicted molar refractivity (Wildman–Crippen MR) is 138 cm³/mol. The molecule has 0 fully saturated rings. The summed E-state index contributed by atoms with van der Waals surface area (Å²) in [5, 5.41) is 3.64. The molecule has 0 aliphatic carbocycles. The highest BCUT2D eigenvalue weighted by Gasteiger charge is 2.27. The lowest BCUT2D eigenvalue weighted by molar-refractivity contribution is 0.170. The van der Waals surface area contributed by atoms with Gasteiger partial charge in [0.1, 0.15) is 5.82 Å². The van der Waals surface area contributed by atoms with Crippen molar-refractivity contribution in [3.05, 3.63) is 53.3 Å². The number of nitrogens with one attached hydrogen (secondary N) is 1. The quantitative estimate of drug-likeness (QED) is 0.479. The highest BCUT2D eigenvalue weighted by atomic mass is 32.2. The Hall–Kier alpha value is -2.42. The summed E-state index contributed by atoms with van der Waals surface area (Å²) in [6.07, 6.45) is 0.971. The molecule has 2 aromatic carbocycles. The molecule has 1 unspecified atom stereocenters. The van der Waals surface area contributed by atoms with E-state index < -0.39 is 10.0 Å². The molecule has 34 heavy (non-hydrogen) atoms. The first-order valence-electron chi connectivity index (χ1n) is 12.1. The van der Waals surface area contributed by atoms with Crippen LogP contribution in [0.5, 0.6) is 0 Å². The molecule has 0 bridgehead atoms. The fourth-order valence-corrected chi connectivity index (χ4v) is 5.56. The van der Waals surface area contributed by atoms with Crippen molar-refractivity contribution in [2.45, 2.75) is 71.2 Å². The summed E-state index contributed by atoms with van der Waals surface area (Å²) >= 11 is 0. The Morgan fingerprint density at radius 2 is 1.88 bits per heavy atom. The number of sulfonamides is 1. The highest BCUT2D eigenvalue weighted by molar-refractivity contribution is 7.89. The summed E-state index contributed by atoms with van der Waals surface area (Å²) < 4.78 is 28.6. The molecule has 1 atom stereocenters. The molecular weight excluding hydrogens is 446 g/mol. The van der Waals surface area contributed by atoms with E-state index in [0.717, 1.165) is 43.1 Å². The van der Waals surface area contributed by atoms with Gasteiger partial charge in [0.15, 0.2) is 0 Å². The number of aromatic nitrogens is 2. The van der Waals surface area contributed by atoms with Crippen LogP contribution in [-0.4, -0.2) is 47.3 Å². The van der Waals surface area contributed by atoms with E-state index in [-0.39, 0.29) is 4.90 Å². The van der Waals surface area contributed by atoms with Crippen molar-refractivity contribution in [2.24, 2.45) is 5.92 Å². The van der Waals surface area contributed by atoms with Gasteiger partial charge in [-0.3, -0.25) is 4.90 Å². The van der Waals surface area contributed by atoms with E-state index in [0.29, 0.717) is 24.0 Å². The number of anilines is 1. The van der Waals surface area contributed by atoms with E-state index in [2.05, 4.69) is 60.7 Å². The Labute approximate surface area is 203 Å². The molecule has 7 nitrogen and oxygen atoms in total. The topological polar surface area (TPSA) is 70.5 Å². The molecule has 8 heteroatoms. The third kappa shape index (κ3) is 4.59. The molecule has 0 radical (unpaired) electrons. The maximum absolute atomic E-state index is 12.6. The van der Waals surface area contributed by atoms with Gasteiger partial charge in [-0.2, -0.15) is 0 Å². The molecule has 3 aromatic rings. The Morgan fingerprint density at radius 1 is 1.12 bits per heavy atom. The summed E-state index contributed by atoms with van der Waals surface area (Å²) in [5.74, 6) is 1.53. The first-order valence-corrected chi connectivity index (χ1v) is 13.6. The highest BCUT2D eigenvalue weighted by Crippen LogP contribution is 2.32. The number of imidazole rings is 1. The number of nitrogens with zero attached hydrogens (tertiary/aromatic N) is 4. The van der Waals surface area contributed by atoms with E-state index in [1.807, 2.05) is 6.07 Å². The van der Waals surface area contributed by atoms with Crippen LogP contribution in [0, 0.1) is 5.92 Å². The number of rotatable bonds is 9. The number of aryl methyl sites for hydroxylation is 1. The van der Waals surface area contributed by atoms with Crippen LogP contribution in [0.25, 0.3) is 11.0 Å². The lowest BCUT2D eigenvalue weighted by Gasteiger charge is -2.27. The van der Waals surface area contributed by atoms with Crippen molar-refractivity contribution in [3.63, 3.8) is 0 Å². The van der Waals surface area contributed by atoms with Crippen LogP contribution in [0.3, 0.4) is 0 Å². The second-order valence-corrected chi connectivity index (χ2v) is 12.0. The van der Waals surface area contributed by atoms with Gasteiger partial charge < -0.3 is 9.88 Å². The van der Waals surface area contributed by atoms with Crippen molar-refractivity contribution < 1.29 is 8.42 Å². The van der Waals surface area contributed by atoms with Gasteiger partial charge in [-0.1, -0.05) is 32.9 Å². The monoisotopic (exact) mass is 483 g/mol. The zero-order valence-corrected chi connectivity index (χ0v) is 22.0. The number of benzene rings is 2. The molecule has 1 aliphatic rings.